The lowest BCUT2D eigenvalue weighted by Crippen LogP contribution is -2.13. The Morgan fingerprint density at radius 1 is 0.936 bits per heavy atom. The van der Waals surface area contributed by atoms with Gasteiger partial charge in [-0.15, -0.1) is 11.3 Å². The zero-order valence-corrected chi connectivity index (χ0v) is 28.5. The number of carbonyl (C=O) groups excluding carboxylic acids is 2. The number of rotatable bonds is 12. The predicted molar refractivity (Wildman–Crippen MR) is 192 cm³/mol. The summed E-state index contributed by atoms with van der Waals surface area (Å²) in [6.07, 6.45) is 11.7. The molecule has 246 valence electrons. The maximum Gasteiger partial charge on any atom is 0.333 e. The number of aldehydes is 1. The lowest BCUT2D eigenvalue weighted by Gasteiger charge is -2.14. The number of allylic oxidation sites excluding steroid dienone is 2. The zero-order valence-electron chi connectivity index (χ0n) is 27.7. The van der Waals surface area contributed by atoms with Gasteiger partial charge in [-0.25, -0.2) is 9.78 Å². The highest BCUT2D eigenvalue weighted by Gasteiger charge is 2.18. The van der Waals surface area contributed by atoms with Gasteiger partial charge in [-0.1, -0.05) is 92.1 Å². The van der Waals surface area contributed by atoms with Crippen LogP contribution in [0.15, 0.2) is 102 Å². The molecule has 47 heavy (non-hydrogen) atoms. The van der Waals surface area contributed by atoms with Gasteiger partial charge in [-0.05, 0) is 86.6 Å². The molecule has 0 radical (unpaired) electrons. The van der Waals surface area contributed by atoms with Crippen LogP contribution < -0.4 is 10.5 Å². The fourth-order valence-electron chi connectivity index (χ4n) is 5.38. The molecule has 3 aromatic carbocycles. The van der Waals surface area contributed by atoms with Crippen LogP contribution in [0.3, 0.4) is 0 Å². The lowest BCUT2D eigenvalue weighted by molar-refractivity contribution is -0.138. The zero-order chi connectivity index (χ0) is 33.4. The van der Waals surface area contributed by atoms with E-state index in [2.05, 4.69) is 24.3 Å². The van der Waals surface area contributed by atoms with E-state index in [9.17, 15) is 9.59 Å². The van der Waals surface area contributed by atoms with Crippen LogP contribution in [0.25, 0.3) is 16.5 Å². The van der Waals surface area contributed by atoms with Crippen molar-refractivity contribution in [2.45, 2.75) is 71.9 Å². The number of aromatic nitrogens is 1. The smallest absolute Gasteiger partial charge is 0.333 e. The maximum absolute atomic E-state index is 12.1. The molecule has 0 spiro atoms. The standard InChI is InChI=1S/C33H34N2O3S.C7H12O/c1-4-37-33(36)24(3)19-23(2)20-30-31(27-13-9-6-10-14-27)39-32(35-30)29(34)21-25-15-17-28(18-16-25)38-22-26-11-7-5-8-12-26;8-6-7-4-2-1-3-5-7/h5-20,29H,4,21-22,34H2,1-3H3;6-7H,1-5H2/b23-20+,24-19-;. The third-order valence-electron chi connectivity index (χ3n) is 7.90. The highest BCUT2D eigenvalue weighted by Crippen LogP contribution is 2.35. The number of hydrogen-bond acceptors (Lipinski definition) is 7. The summed E-state index contributed by atoms with van der Waals surface area (Å²) < 4.78 is 11.0. The summed E-state index contributed by atoms with van der Waals surface area (Å²) in [4.78, 5) is 28.2. The van der Waals surface area contributed by atoms with Crippen molar-refractivity contribution in [3.8, 4) is 16.2 Å². The van der Waals surface area contributed by atoms with Gasteiger partial charge in [-0.3, -0.25) is 0 Å². The van der Waals surface area contributed by atoms with Crippen molar-refractivity contribution in [1.29, 1.82) is 0 Å². The Labute approximate surface area is 283 Å². The summed E-state index contributed by atoms with van der Waals surface area (Å²) in [7, 11) is 0. The van der Waals surface area contributed by atoms with E-state index in [1.807, 2.05) is 79.7 Å². The van der Waals surface area contributed by atoms with Crippen molar-refractivity contribution in [2.24, 2.45) is 11.7 Å². The Morgan fingerprint density at radius 2 is 1.60 bits per heavy atom. The molecule has 0 saturated heterocycles. The normalized spacial score (nSPS) is 14.5. The van der Waals surface area contributed by atoms with Crippen molar-refractivity contribution < 1.29 is 19.1 Å². The van der Waals surface area contributed by atoms with Gasteiger partial charge in [0.25, 0.3) is 0 Å². The van der Waals surface area contributed by atoms with E-state index >= 15 is 0 Å². The number of ether oxygens (including phenoxy) is 2. The second-order valence-corrected chi connectivity index (χ2v) is 12.9. The van der Waals surface area contributed by atoms with E-state index < -0.39 is 0 Å². The van der Waals surface area contributed by atoms with E-state index in [4.69, 9.17) is 20.2 Å². The molecule has 5 rings (SSSR count). The van der Waals surface area contributed by atoms with E-state index in [0.29, 0.717) is 31.1 Å². The van der Waals surface area contributed by atoms with Crippen molar-refractivity contribution >= 4 is 29.7 Å². The van der Waals surface area contributed by atoms with Crippen LogP contribution in [0, 0.1) is 5.92 Å². The third-order valence-corrected chi connectivity index (χ3v) is 9.15. The van der Waals surface area contributed by atoms with Crippen LogP contribution in [0.4, 0.5) is 0 Å². The average molecular weight is 651 g/mol. The van der Waals surface area contributed by atoms with E-state index in [1.165, 1.54) is 19.3 Å². The van der Waals surface area contributed by atoms with Crippen LogP contribution in [0.5, 0.6) is 5.75 Å². The highest BCUT2D eigenvalue weighted by atomic mass is 32.1. The topological polar surface area (TPSA) is 91.5 Å². The van der Waals surface area contributed by atoms with E-state index in [-0.39, 0.29) is 12.0 Å². The highest BCUT2D eigenvalue weighted by molar-refractivity contribution is 7.15. The number of nitrogens with zero attached hydrogens (tertiary/aromatic N) is 1. The Hall–Kier alpha value is -4.33. The Balaban J connectivity index is 0.000000546. The summed E-state index contributed by atoms with van der Waals surface area (Å²) in [5.41, 5.74) is 12.3. The van der Waals surface area contributed by atoms with Gasteiger partial charge < -0.3 is 20.0 Å². The van der Waals surface area contributed by atoms with E-state index in [1.54, 1.807) is 25.2 Å². The molecule has 0 bridgehead atoms. The molecule has 1 atom stereocenters. The van der Waals surface area contributed by atoms with Crippen molar-refractivity contribution in [1.82, 2.24) is 4.98 Å². The van der Waals surface area contributed by atoms with Gasteiger partial charge >= 0.3 is 5.97 Å². The molecule has 1 fully saturated rings. The summed E-state index contributed by atoms with van der Waals surface area (Å²) in [5, 5.41) is 0.864. The van der Waals surface area contributed by atoms with Gasteiger partial charge in [0, 0.05) is 11.5 Å². The molecular weight excluding hydrogens is 605 g/mol. The summed E-state index contributed by atoms with van der Waals surface area (Å²) >= 11 is 1.61. The van der Waals surface area contributed by atoms with E-state index in [0.717, 1.165) is 62.7 Å². The first-order chi connectivity index (χ1) is 22.9. The Kier molecular flexibility index (Phi) is 14.2. The van der Waals surface area contributed by atoms with Crippen LogP contribution in [0.2, 0.25) is 0 Å². The monoisotopic (exact) mass is 650 g/mol. The van der Waals surface area contributed by atoms with Crippen LogP contribution in [0.1, 0.15) is 80.7 Å². The molecular formula is C40H46N2O4S. The quantitative estimate of drug-likeness (QED) is 0.0711. The van der Waals surface area contributed by atoms with Gasteiger partial charge in [0.15, 0.2) is 0 Å². The van der Waals surface area contributed by atoms with Gasteiger partial charge in [0.1, 0.15) is 23.7 Å². The summed E-state index contributed by atoms with van der Waals surface area (Å²) in [6.45, 7) is 6.40. The molecule has 1 unspecified atom stereocenters. The van der Waals surface area contributed by atoms with Crippen molar-refractivity contribution in [3.63, 3.8) is 0 Å². The molecule has 2 N–H and O–H groups in total. The predicted octanol–water partition coefficient (Wildman–Crippen LogP) is 9.31. The largest absolute Gasteiger partial charge is 0.489 e. The molecule has 0 aliphatic heterocycles. The Morgan fingerprint density at radius 3 is 2.21 bits per heavy atom. The SMILES string of the molecule is CCOC(=O)/C(C)=C\C(C)=C\c1nc(C(N)Cc2ccc(OCc3ccccc3)cc2)sc1-c1ccccc1.O=CC1CCCCC1. The number of hydrogen-bond donors (Lipinski definition) is 1. The molecule has 1 aliphatic rings. The van der Waals surface area contributed by atoms with Crippen LogP contribution >= 0.6 is 11.3 Å². The fraction of sp³-hybridized carbons (Fsp3) is 0.325. The first-order valence-corrected chi connectivity index (χ1v) is 17.2. The number of benzene rings is 3. The molecule has 6 nitrogen and oxygen atoms in total. The second kappa shape index (κ2) is 18.7. The number of nitrogens with two attached hydrogens (primary N) is 1. The number of esters is 1. The molecule has 4 aromatic rings. The molecule has 1 aliphatic carbocycles. The second-order valence-electron chi connectivity index (χ2n) is 11.8. The third kappa shape index (κ3) is 11.5. The first-order valence-electron chi connectivity index (χ1n) is 16.4. The van der Waals surface area contributed by atoms with Gasteiger partial charge in [0.05, 0.1) is 23.2 Å². The lowest BCUT2D eigenvalue weighted by atomic mass is 9.91. The van der Waals surface area contributed by atoms with Crippen LogP contribution in [-0.4, -0.2) is 23.8 Å². The summed E-state index contributed by atoms with van der Waals surface area (Å²) in [6, 6.07) is 28.1. The number of carbonyl (C=O) groups is 2. The number of thiazole rings is 1. The molecule has 7 heteroatoms. The van der Waals surface area contributed by atoms with Crippen molar-refractivity contribution in [3.05, 3.63) is 124 Å². The minimum atomic E-state index is -0.314. The fourth-order valence-corrected chi connectivity index (χ4v) is 6.43. The first kappa shape index (κ1) is 35.5. The minimum Gasteiger partial charge on any atom is -0.489 e. The minimum absolute atomic E-state index is 0.257. The van der Waals surface area contributed by atoms with Gasteiger partial charge in [0.2, 0.25) is 0 Å². The average Bonchev–Trinajstić information content (AvgIpc) is 3.53. The molecule has 0 amide bonds. The van der Waals surface area contributed by atoms with Crippen LogP contribution in [-0.2, 0) is 27.4 Å². The molecule has 1 saturated carbocycles. The van der Waals surface area contributed by atoms with Crippen molar-refractivity contribution in [2.75, 3.05) is 6.61 Å². The summed E-state index contributed by atoms with van der Waals surface area (Å²) in [5.74, 6) is 0.917. The van der Waals surface area contributed by atoms with Gasteiger partial charge in [-0.2, -0.15) is 0 Å². The molecule has 1 aromatic heterocycles. The molecule has 1 heterocycles. The maximum atomic E-state index is 12.1. The Bertz CT molecular complexity index is 1610.